The van der Waals surface area contributed by atoms with Crippen LogP contribution >= 0.6 is 0 Å². The normalized spacial score (nSPS) is 20.6. The monoisotopic (exact) mass is 229 g/mol. The SMILES string of the molecule is CN(C)CCON1CCN(C(C)(C)C)CC1. The van der Waals surface area contributed by atoms with E-state index in [1.54, 1.807) is 0 Å². The predicted molar refractivity (Wildman–Crippen MR) is 67.4 cm³/mol. The molecule has 4 heteroatoms. The molecule has 0 saturated carbocycles. The van der Waals surface area contributed by atoms with E-state index >= 15 is 0 Å². The Morgan fingerprint density at radius 1 is 1.06 bits per heavy atom. The lowest BCUT2D eigenvalue weighted by Crippen LogP contribution is -2.53. The first kappa shape index (κ1) is 13.9. The molecule has 0 atom stereocenters. The van der Waals surface area contributed by atoms with Crippen LogP contribution in [0.25, 0.3) is 0 Å². The second-order valence-corrected chi connectivity index (χ2v) is 5.72. The fourth-order valence-electron chi connectivity index (χ4n) is 1.84. The molecule has 1 rings (SSSR count). The Balaban J connectivity index is 2.17. The van der Waals surface area contributed by atoms with Crippen LogP contribution in [0.2, 0.25) is 0 Å². The van der Waals surface area contributed by atoms with Gasteiger partial charge in [-0.1, -0.05) is 0 Å². The van der Waals surface area contributed by atoms with E-state index in [-0.39, 0.29) is 5.54 Å². The minimum atomic E-state index is 0.287. The van der Waals surface area contributed by atoms with Gasteiger partial charge in [-0.2, -0.15) is 5.06 Å². The summed E-state index contributed by atoms with van der Waals surface area (Å²) in [6, 6.07) is 0. The highest BCUT2D eigenvalue weighted by Crippen LogP contribution is 2.15. The highest BCUT2D eigenvalue weighted by atomic mass is 16.7. The Hall–Kier alpha value is -0.160. The minimum absolute atomic E-state index is 0.287. The topological polar surface area (TPSA) is 19.0 Å². The third kappa shape index (κ3) is 4.78. The van der Waals surface area contributed by atoms with Crippen LogP contribution in [0.3, 0.4) is 0 Å². The molecule has 96 valence electrons. The Bertz CT molecular complexity index is 193. The van der Waals surface area contributed by atoms with Gasteiger partial charge in [0.15, 0.2) is 0 Å². The first-order valence-corrected chi connectivity index (χ1v) is 6.17. The second-order valence-electron chi connectivity index (χ2n) is 5.72. The molecule has 0 spiro atoms. The van der Waals surface area contributed by atoms with Crippen LogP contribution in [0.15, 0.2) is 0 Å². The van der Waals surface area contributed by atoms with Crippen LogP contribution in [-0.4, -0.2) is 73.8 Å². The molecule has 0 amide bonds. The van der Waals surface area contributed by atoms with Gasteiger partial charge in [-0.3, -0.25) is 9.74 Å². The summed E-state index contributed by atoms with van der Waals surface area (Å²) in [6.45, 7) is 12.8. The summed E-state index contributed by atoms with van der Waals surface area (Å²) in [4.78, 5) is 10.4. The van der Waals surface area contributed by atoms with E-state index in [1.165, 1.54) is 0 Å². The first-order chi connectivity index (χ1) is 7.39. The van der Waals surface area contributed by atoms with Crippen molar-refractivity contribution in [1.82, 2.24) is 14.9 Å². The zero-order chi connectivity index (χ0) is 12.2. The maximum Gasteiger partial charge on any atom is 0.0811 e. The lowest BCUT2D eigenvalue weighted by molar-refractivity contribution is -0.183. The fraction of sp³-hybridized carbons (Fsp3) is 1.00. The van der Waals surface area contributed by atoms with E-state index in [2.05, 4.69) is 49.7 Å². The van der Waals surface area contributed by atoms with E-state index in [0.29, 0.717) is 0 Å². The van der Waals surface area contributed by atoms with Crippen LogP contribution in [0.1, 0.15) is 20.8 Å². The number of hydrogen-bond acceptors (Lipinski definition) is 4. The van der Waals surface area contributed by atoms with Gasteiger partial charge in [0.05, 0.1) is 6.61 Å². The van der Waals surface area contributed by atoms with Crippen molar-refractivity contribution in [3.8, 4) is 0 Å². The molecule has 0 bridgehead atoms. The van der Waals surface area contributed by atoms with Crippen molar-refractivity contribution in [2.75, 3.05) is 53.4 Å². The van der Waals surface area contributed by atoms with E-state index in [9.17, 15) is 0 Å². The van der Waals surface area contributed by atoms with Gasteiger partial charge < -0.3 is 4.90 Å². The van der Waals surface area contributed by atoms with Crippen LogP contribution in [-0.2, 0) is 4.84 Å². The summed E-state index contributed by atoms with van der Waals surface area (Å²) in [5.74, 6) is 0. The summed E-state index contributed by atoms with van der Waals surface area (Å²) in [6.07, 6.45) is 0. The van der Waals surface area contributed by atoms with Gasteiger partial charge in [-0.25, -0.2) is 0 Å². The smallest absolute Gasteiger partial charge is 0.0811 e. The molecule has 0 unspecified atom stereocenters. The quantitative estimate of drug-likeness (QED) is 0.713. The highest BCUT2D eigenvalue weighted by Gasteiger charge is 2.25. The Morgan fingerprint density at radius 3 is 2.06 bits per heavy atom. The third-order valence-corrected chi connectivity index (χ3v) is 3.00. The molecular weight excluding hydrogens is 202 g/mol. The van der Waals surface area contributed by atoms with Crippen LogP contribution in [0, 0.1) is 0 Å². The second kappa shape index (κ2) is 5.96. The molecule has 0 radical (unpaired) electrons. The van der Waals surface area contributed by atoms with Crippen LogP contribution < -0.4 is 0 Å². The van der Waals surface area contributed by atoms with Crippen molar-refractivity contribution in [3.05, 3.63) is 0 Å². The van der Waals surface area contributed by atoms with E-state index in [1.807, 2.05) is 0 Å². The molecule has 0 aromatic carbocycles. The van der Waals surface area contributed by atoms with Crippen molar-refractivity contribution in [1.29, 1.82) is 0 Å². The first-order valence-electron chi connectivity index (χ1n) is 6.17. The lowest BCUT2D eigenvalue weighted by atomic mass is 10.1. The third-order valence-electron chi connectivity index (χ3n) is 3.00. The highest BCUT2D eigenvalue weighted by molar-refractivity contribution is 4.79. The summed E-state index contributed by atoms with van der Waals surface area (Å²) in [7, 11) is 4.14. The van der Waals surface area contributed by atoms with Gasteiger partial charge in [-0.15, -0.1) is 0 Å². The molecule has 4 nitrogen and oxygen atoms in total. The molecule has 0 aromatic heterocycles. The van der Waals surface area contributed by atoms with Crippen molar-refractivity contribution in [3.63, 3.8) is 0 Å². The number of rotatable bonds is 4. The van der Waals surface area contributed by atoms with Crippen LogP contribution in [0.5, 0.6) is 0 Å². The molecular formula is C12H27N3O. The van der Waals surface area contributed by atoms with Crippen molar-refractivity contribution >= 4 is 0 Å². The number of piperazine rings is 1. The fourth-order valence-corrected chi connectivity index (χ4v) is 1.84. The molecule has 0 N–H and O–H groups in total. The summed E-state index contributed by atoms with van der Waals surface area (Å²) < 4.78 is 0. The molecule has 1 saturated heterocycles. The van der Waals surface area contributed by atoms with Crippen molar-refractivity contribution in [2.45, 2.75) is 26.3 Å². The largest absolute Gasteiger partial charge is 0.307 e. The average molecular weight is 229 g/mol. The molecule has 0 aromatic rings. The lowest BCUT2D eigenvalue weighted by Gasteiger charge is -2.41. The molecule has 1 heterocycles. The summed E-state index contributed by atoms with van der Waals surface area (Å²) in [5, 5.41) is 2.10. The number of hydrogen-bond donors (Lipinski definition) is 0. The van der Waals surface area contributed by atoms with Crippen molar-refractivity contribution < 1.29 is 4.84 Å². The van der Waals surface area contributed by atoms with Crippen molar-refractivity contribution in [2.24, 2.45) is 0 Å². The average Bonchev–Trinajstić information content (AvgIpc) is 2.16. The summed E-state index contributed by atoms with van der Waals surface area (Å²) in [5.41, 5.74) is 0.287. The molecule has 1 aliphatic heterocycles. The number of likely N-dealkylation sites (N-methyl/N-ethyl adjacent to an activating group) is 1. The van der Waals surface area contributed by atoms with Gasteiger partial charge in [0.2, 0.25) is 0 Å². The van der Waals surface area contributed by atoms with Gasteiger partial charge >= 0.3 is 0 Å². The molecule has 16 heavy (non-hydrogen) atoms. The van der Waals surface area contributed by atoms with E-state index in [0.717, 1.165) is 39.3 Å². The van der Waals surface area contributed by atoms with E-state index < -0.39 is 0 Å². The maximum absolute atomic E-state index is 5.72. The minimum Gasteiger partial charge on any atom is -0.307 e. The van der Waals surface area contributed by atoms with Gasteiger partial charge in [-0.05, 0) is 34.9 Å². The Labute approximate surface area is 100 Å². The predicted octanol–water partition coefficient (Wildman–Crippen LogP) is 0.896. The van der Waals surface area contributed by atoms with Gasteiger partial charge in [0.1, 0.15) is 0 Å². The van der Waals surface area contributed by atoms with Gasteiger partial charge in [0.25, 0.3) is 0 Å². The van der Waals surface area contributed by atoms with Gasteiger partial charge in [0, 0.05) is 38.3 Å². The number of nitrogens with zero attached hydrogens (tertiary/aromatic N) is 3. The number of hydroxylamine groups is 2. The van der Waals surface area contributed by atoms with Crippen LogP contribution in [0.4, 0.5) is 0 Å². The maximum atomic E-state index is 5.72. The molecule has 1 fully saturated rings. The van der Waals surface area contributed by atoms with E-state index in [4.69, 9.17) is 4.84 Å². The molecule has 0 aliphatic carbocycles. The zero-order valence-corrected chi connectivity index (χ0v) is 11.5. The zero-order valence-electron chi connectivity index (χ0n) is 11.5. The Kier molecular flexibility index (Phi) is 5.18. The summed E-state index contributed by atoms with van der Waals surface area (Å²) >= 11 is 0. The standard InChI is InChI=1S/C12H27N3O/c1-12(2,3)14-6-8-15(9-7-14)16-11-10-13(4)5/h6-11H2,1-5H3. The molecule has 1 aliphatic rings. The Morgan fingerprint density at radius 2 is 1.62 bits per heavy atom.